The number of methoxy groups -OCH3 is 1. The van der Waals surface area contributed by atoms with E-state index in [2.05, 4.69) is 9.47 Å². The van der Waals surface area contributed by atoms with Gasteiger partial charge in [-0.25, -0.2) is 0 Å². The van der Waals surface area contributed by atoms with Gasteiger partial charge in [-0.2, -0.15) is 0 Å². The lowest BCUT2D eigenvalue weighted by molar-refractivity contribution is -0.0515. The fourth-order valence-corrected chi connectivity index (χ4v) is 2.20. The molecule has 5 nitrogen and oxygen atoms in total. The molecule has 0 bridgehead atoms. The summed E-state index contributed by atoms with van der Waals surface area (Å²) in [6.07, 6.45) is -0.397. The molecule has 0 aliphatic carbocycles. The van der Waals surface area contributed by atoms with Gasteiger partial charge in [0.25, 0.3) is 0 Å². The third-order valence-corrected chi connectivity index (χ3v) is 3.04. The van der Waals surface area contributed by atoms with Crippen LogP contribution < -0.4 is 0 Å². The van der Waals surface area contributed by atoms with Crippen molar-refractivity contribution in [2.24, 2.45) is 0 Å². The lowest BCUT2D eigenvalue weighted by atomic mass is 9.99. The van der Waals surface area contributed by atoms with Gasteiger partial charge in [-0.3, -0.25) is 0 Å². The van der Waals surface area contributed by atoms with Crippen LogP contribution in [-0.4, -0.2) is 43.0 Å². The molecule has 14 heavy (non-hydrogen) atoms. The first kappa shape index (κ1) is 12.7. The zero-order chi connectivity index (χ0) is 10.6. The van der Waals surface area contributed by atoms with Crippen molar-refractivity contribution in [2.45, 2.75) is 24.7 Å². The van der Waals surface area contributed by atoms with E-state index in [1.807, 2.05) is 6.92 Å². The van der Waals surface area contributed by atoms with Crippen molar-refractivity contribution >= 4 is 18.5 Å². The molecule has 1 saturated heterocycles. The summed E-state index contributed by atoms with van der Waals surface area (Å²) in [4.78, 5) is 8.55. The average molecular weight is 242 g/mol. The van der Waals surface area contributed by atoms with Crippen LogP contribution in [0.4, 0.5) is 0 Å². The van der Waals surface area contributed by atoms with Crippen LogP contribution in [0.15, 0.2) is 0 Å². The Morgan fingerprint density at radius 3 is 2.93 bits per heavy atom. The SMILES string of the molecule is COC1(C)CO[C@H](COPO)C1OP. The maximum Gasteiger partial charge on any atom is 0.152 e. The molecule has 5 atom stereocenters. The first-order valence-corrected chi connectivity index (χ1v) is 5.54. The predicted molar refractivity (Wildman–Crippen MR) is 56.2 cm³/mol. The highest BCUT2D eigenvalue weighted by Gasteiger charge is 2.47. The molecule has 0 aromatic carbocycles. The van der Waals surface area contributed by atoms with Gasteiger partial charge in [0, 0.05) is 16.6 Å². The van der Waals surface area contributed by atoms with Gasteiger partial charge in [-0.15, -0.1) is 0 Å². The molecule has 1 heterocycles. The molecule has 84 valence electrons. The summed E-state index contributed by atoms with van der Waals surface area (Å²) >= 11 is 0. The zero-order valence-corrected chi connectivity index (χ0v) is 10.4. The second kappa shape index (κ2) is 5.66. The second-order valence-corrected chi connectivity index (χ2v) is 4.07. The van der Waals surface area contributed by atoms with Gasteiger partial charge < -0.3 is 23.4 Å². The summed E-state index contributed by atoms with van der Waals surface area (Å²) in [6, 6.07) is 0. The van der Waals surface area contributed by atoms with Crippen LogP contribution in [0.3, 0.4) is 0 Å². The first-order valence-electron chi connectivity index (χ1n) is 4.21. The van der Waals surface area contributed by atoms with Gasteiger partial charge in [-0.1, -0.05) is 0 Å². The van der Waals surface area contributed by atoms with Crippen molar-refractivity contribution in [1.29, 1.82) is 0 Å². The topological polar surface area (TPSA) is 57.2 Å². The summed E-state index contributed by atoms with van der Waals surface area (Å²) in [5, 5.41) is 0. The molecule has 0 spiro atoms. The van der Waals surface area contributed by atoms with Crippen LogP contribution in [0, 0.1) is 0 Å². The molecular formula is C7H16O5P2. The molecule has 0 aromatic heterocycles. The van der Waals surface area contributed by atoms with Crippen molar-refractivity contribution < 1.29 is 23.4 Å². The van der Waals surface area contributed by atoms with Crippen molar-refractivity contribution in [2.75, 3.05) is 20.3 Å². The molecule has 0 radical (unpaired) electrons. The second-order valence-electron chi connectivity index (χ2n) is 3.33. The summed E-state index contributed by atoms with van der Waals surface area (Å²) < 4.78 is 20.9. The third-order valence-electron chi connectivity index (χ3n) is 2.45. The Hall–Kier alpha value is 0.660. The third kappa shape index (κ3) is 2.61. The van der Waals surface area contributed by atoms with Crippen molar-refractivity contribution in [1.82, 2.24) is 0 Å². The lowest BCUT2D eigenvalue weighted by Gasteiger charge is -2.28. The summed E-state index contributed by atoms with van der Waals surface area (Å²) in [5.74, 6) is 0. The molecule has 0 saturated carbocycles. The summed E-state index contributed by atoms with van der Waals surface area (Å²) in [6.45, 7) is 2.70. The van der Waals surface area contributed by atoms with Crippen LogP contribution in [-0.2, 0) is 18.5 Å². The minimum Gasteiger partial charge on any atom is -0.373 e. The van der Waals surface area contributed by atoms with Crippen LogP contribution in [0.25, 0.3) is 0 Å². The molecule has 4 unspecified atom stereocenters. The van der Waals surface area contributed by atoms with Crippen LogP contribution >= 0.6 is 18.5 Å². The highest BCUT2D eigenvalue weighted by atomic mass is 31.1. The highest BCUT2D eigenvalue weighted by molar-refractivity contribution is 7.24. The van der Waals surface area contributed by atoms with E-state index in [1.165, 1.54) is 0 Å². The van der Waals surface area contributed by atoms with Crippen molar-refractivity contribution in [3.8, 4) is 0 Å². The summed E-state index contributed by atoms with van der Waals surface area (Å²) in [7, 11) is 3.31. The van der Waals surface area contributed by atoms with E-state index in [1.54, 1.807) is 7.11 Å². The maximum absolute atomic E-state index is 8.55. The van der Waals surface area contributed by atoms with E-state index in [9.17, 15) is 0 Å². The largest absolute Gasteiger partial charge is 0.373 e. The summed E-state index contributed by atoms with van der Waals surface area (Å²) in [5.41, 5.74) is -0.450. The smallest absolute Gasteiger partial charge is 0.152 e. The Morgan fingerprint density at radius 1 is 1.71 bits per heavy atom. The van der Waals surface area contributed by atoms with E-state index in [-0.39, 0.29) is 12.2 Å². The van der Waals surface area contributed by atoms with Gasteiger partial charge >= 0.3 is 0 Å². The number of ether oxygens (including phenoxy) is 2. The monoisotopic (exact) mass is 242 g/mol. The highest BCUT2D eigenvalue weighted by Crippen LogP contribution is 2.32. The van der Waals surface area contributed by atoms with E-state index in [0.29, 0.717) is 13.2 Å². The van der Waals surface area contributed by atoms with E-state index in [0.717, 1.165) is 0 Å². The van der Waals surface area contributed by atoms with Crippen LogP contribution in [0.1, 0.15) is 6.92 Å². The maximum atomic E-state index is 8.55. The molecule has 1 N–H and O–H groups in total. The Labute approximate surface area is 87.7 Å². The molecule has 1 aliphatic heterocycles. The molecule has 1 aliphatic rings. The lowest BCUT2D eigenvalue weighted by Crippen LogP contribution is -2.44. The minimum absolute atomic E-state index is 0.197. The van der Waals surface area contributed by atoms with Gasteiger partial charge in [0.2, 0.25) is 0 Å². The number of hydrogen-bond acceptors (Lipinski definition) is 5. The Kier molecular flexibility index (Phi) is 5.15. The van der Waals surface area contributed by atoms with Gasteiger partial charge in [-0.05, 0) is 6.92 Å². The fraction of sp³-hybridized carbons (Fsp3) is 1.00. The van der Waals surface area contributed by atoms with Gasteiger partial charge in [0.1, 0.15) is 17.8 Å². The first-order chi connectivity index (χ1) is 6.68. The zero-order valence-electron chi connectivity index (χ0n) is 8.23. The normalized spacial score (nSPS) is 38.6. The van der Waals surface area contributed by atoms with Gasteiger partial charge in [0.05, 0.1) is 13.2 Å². The minimum atomic E-state index is -0.525. The average Bonchev–Trinajstić information content (AvgIpc) is 2.53. The van der Waals surface area contributed by atoms with E-state index < -0.39 is 14.6 Å². The van der Waals surface area contributed by atoms with Crippen LogP contribution in [0.2, 0.25) is 0 Å². The Bertz CT molecular complexity index is 179. The standard InChI is InChI=1S/C7H16O5P2/c1-7(9-2)4-10-5(3-11-14-8)6(7)12-13/h5-6,8,14H,3-4,13H2,1-2H3/t5-,6?,7?/m1/s1. The van der Waals surface area contributed by atoms with Crippen molar-refractivity contribution in [3.63, 3.8) is 0 Å². The molecular weight excluding hydrogens is 226 g/mol. The predicted octanol–water partition coefficient (Wildman–Crippen LogP) is 0.483. The molecule has 1 rings (SSSR count). The van der Waals surface area contributed by atoms with Crippen LogP contribution in [0.5, 0.6) is 0 Å². The molecule has 1 fully saturated rings. The quantitative estimate of drug-likeness (QED) is 0.711. The Morgan fingerprint density at radius 2 is 2.43 bits per heavy atom. The molecule has 0 amide bonds. The fourth-order valence-electron chi connectivity index (χ4n) is 1.50. The molecule has 0 aromatic rings. The number of hydrogen-bond donors (Lipinski definition) is 1. The molecule has 7 heteroatoms. The Balaban J connectivity index is 2.54. The van der Waals surface area contributed by atoms with Gasteiger partial charge in [0.15, 0.2) is 9.03 Å². The van der Waals surface area contributed by atoms with Crippen molar-refractivity contribution in [3.05, 3.63) is 0 Å². The van der Waals surface area contributed by atoms with E-state index >= 15 is 0 Å². The van der Waals surface area contributed by atoms with E-state index in [4.69, 9.17) is 23.4 Å². The number of rotatable bonds is 5.